The highest BCUT2D eigenvalue weighted by atomic mass is 16.6. The zero-order valence-electron chi connectivity index (χ0n) is 10.8. The molecule has 0 N–H and O–H groups in total. The van der Waals surface area contributed by atoms with Crippen molar-refractivity contribution in [3.63, 3.8) is 0 Å². The van der Waals surface area contributed by atoms with Crippen LogP contribution in [0, 0.1) is 5.92 Å². The molecule has 1 heterocycles. The van der Waals surface area contributed by atoms with Gasteiger partial charge in [0.05, 0.1) is 13.2 Å². The molecule has 1 aliphatic heterocycles. The Morgan fingerprint density at radius 2 is 2.17 bits per heavy atom. The highest BCUT2D eigenvalue weighted by Gasteiger charge is 2.32. The summed E-state index contributed by atoms with van der Waals surface area (Å²) in [7, 11) is 0. The summed E-state index contributed by atoms with van der Waals surface area (Å²) >= 11 is 0. The molecular weight excluding hydrogens is 228 g/mol. The lowest BCUT2D eigenvalue weighted by molar-refractivity contribution is -0.145. The van der Waals surface area contributed by atoms with E-state index in [2.05, 4.69) is 31.2 Å². The van der Waals surface area contributed by atoms with Crippen molar-refractivity contribution in [2.75, 3.05) is 13.2 Å². The fraction of sp³-hybridized carbons (Fsp3) is 0.533. The average molecular weight is 248 g/mol. The molecule has 2 atom stereocenters. The molecule has 2 rings (SSSR count). The molecule has 0 bridgehead atoms. The smallest absolute Gasteiger partial charge is 0.337 e. The molecule has 18 heavy (non-hydrogen) atoms. The molecule has 1 aliphatic rings. The number of carbonyl (C=O) groups excluding carboxylic acids is 1. The van der Waals surface area contributed by atoms with Crippen molar-refractivity contribution >= 4 is 5.97 Å². The van der Waals surface area contributed by atoms with E-state index in [-0.39, 0.29) is 12.1 Å². The first-order valence-electron chi connectivity index (χ1n) is 6.58. The zero-order chi connectivity index (χ0) is 12.8. The van der Waals surface area contributed by atoms with Gasteiger partial charge in [-0.05, 0) is 30.7 Å². The maximum Gasteiger partial charge on any atom is 0.337 e. The summed E-state index contributed by atoms with van der Waals surface area (Å²) in [6.45, 7) is 3.28. The van der Waals surface area contributed by atoms with Crippen LogP contribution in [0.5, 0.6) is 0 Å². The van der Waals surface area contributed by atoms with Crippen LogP contribution in [0.2, 0.25) is 0 Å². The lowest BCUT2D eigenvalue weighted by Gasteiger charge is -2.11. The Balaban J connectivity index is 1.57. The summed E-state index contributed by atoms with van der Waals surface area (Å²) < 4.78 is 9.96. The van der Waals surface area contributed by atoms with E-state index < -0.39 is 0 Å². The molecule has 98 valence electrons. The Hall–Kier alpha value is -1.35. The predicted octanol–water partition coefficient (Wildman–Crippen LogP) is 2.59. The van der Waals surface area contributed by atoms with Gasteiger partial charge in [-0.2, -0.15) is 0 Å². The van der Waals surface area contributed by atoms with Gasteiger partial charge in [0.15, 0.2) is 6.10 Å². The summed E-state index contributed by atoms with van der Waals surface area (Å²) in [6, 6.07) is 10.5. The Labute approximate surface area is 108 Å². The normalized spacial score (nSPS) is 19.3. The van der Waals surface area contributed by atoms with E-state index in [1.54, 1.807) is 0 Å². The molecule has 1 fully saturated rings. The molecule has 2 unspecified atom stereocenters. The van der Waals surface area contributed by atoms with E-state index in [4.69, 9.17) is 9.47 Å². The van der Waals surface area contributed by atoms with E-state index >= 15 is 0 Å². The summed E-state index contributed by atoms with van der Waals surface area (Å²) in [4.78, 5) is 11.2. The first-order valence-corrected chi connectivity index (χ1v) is 6.58. The minimum Gasteiger partial charge on any atom is -0.464 e. The van der Waals surface area contributed by atoms with Gasteiger partial charge in [-0.1, -0.05) is 37.3 Å². The van der Waals surface area contributed by atoms with Crippen molar-refractivity contribution in [3.05, 3.63) is 35.9 Å². The maximum atomic E-state index is 11.2. The second-order valence-corrected chi connectivity index (χ2v) is 4.93. The van der Waals surface area contributed by atoms with Crippen LogP contribution in [-0.4, -0.2) is 25.3 Å². The number of esters is 1. The fourth-order valence-corrected chi connectivity index (χ4v) is 2.00. The molecular formula is C15H20O3. The number of benzene rings is 1. The minimum absolute atomic E-state index is 0.203. The number of rotatable bonds is 7. The molecule has 3 heteroatoms. The topological polar surface area (TPSA) is 38.8 Å². The van der Waals surface area contributed by atoms with Gasteiger partial charge in [0, 0.05) is 0 Å². The highest BCUT2D eigenvalue weighted by molar-refractivity contribution is 5.76. The quantitative estimate of drug-likeness (QED) is 0.423. The van der Waals surface area contributed by atoms with E-state index in [1.807, 2.05) is 6.07 Å². The van der Waals surface area contributed by atoms with Crippen LogP contribution in [0.15, 0.2) is 30.3 Å². The SMILES string of the molecule is CC(CCCOC(=O)C1CO1)Cc1ccccc1. The lowest BCUT2D eigenvalue weighted by atomic mass is 9.97. The maximum absolute atomic E-state index is 11.2. The van der Waals surface area contributed by atoms with Crippen LogP contribution in [0.3, 0.4) is 0 Å². The number of carbonyl (C=O) groups is 1. The standard InChI is InChI=1S/C15H20O3/c1-12(10-13-7-3-2-4-8-13)6-5-9-17-15(16)14-11-18-14/h2-4,7-8,12,14H,5-6,9-11H2,1H3. The Morgan fingerprint density at radius 3 is 2.83 bits per heavy atom. The van der Waals surface area contributed by atoms with Crippen LogP contribution in [-0.2, 0) is 20.7 Å². The number of hydrogen-bond acceptors (Lipinski definition) is 3. The molecule has 3 nitrogen and oxygen atoms in total. The molecule has 1 aromatic rings. The third kappa shape index (κ3) is 4.49. The second kappa shape index (κ2) is 6.55. The van der Waals surface area contributed by atoms with Crippen molar-refractivity contribution in [3.8, 4) is 0 Å². The minimum atomic E-state index is -0.272. The third-order valence-electron chi connectivity index (χ3n) is 3.11. The summed E-state index contributed by atoms with van der Waals surface area (Å²) in [5, 5.41) is 0. The van der Waals surface area contributed by atoms with Crippen LogP contribution in [0.4, 0.5) is 0 Å². The van der Waals surface area contributed by atoms with E-state index in [9.17, 15) is 4.79 Å². The van der Waals surface area contributed by atoms with E-state index in [1.165, 1.54) is 5.56 Å². The average Bonchev–Trinajstić information content (AvgIpc) is 3.20. The van der Waals surface area contributed by atoms with Gasteiger partial charge in [-0.3, -0.25) is 0 Å². The van der Waals surface area contributed by atoms with Crippen LogP contribution >= 0.6 is 0 Å². The molecule has 1 saturated heterocycles. The molecule has 0 spiro atoms. The van der Waals surface area contributed by atoms with Crippen molar-refractivity contribution in [1.82, 2.24) is 0 Å². The van der Waals surface area contributed by atoms with Crippen LogP contribution < -0.4 is 0 Å². The van der Waals surface area contributed by atoms with Crippen molar-refractivity contribution in [2.45, 2.75) is 32.3 Å². The lowest BCUT2D eigenvalue weighted by Crippen LogP contribution is -2.13. The van der Waals surface area contributed by atoms with Gasteiger partial charge in [-0.25, -0.2) is 4.79 Å². The van der Waals surface area contributed by atoms with Gasteiger partial charge in [0.25, 0.3) is 0 Å². The number of hydrogen-bond donors (Lipinski definition) is 0. The number of epoxide rings is 1. The van der Waals surface area contributed by atoms with E-state index in [0.717, 1.165) is 19.3 Å². The van der Waals surface area contributed by atoms with Gasteiger partial charge in [-0.15, -0.1) is 0 Å². The Morgan fingerprint density at radius 1 is 1.44 bits per heavy atom. The van der Waals surface area contributed by atoms with E-state index in [0.29, 0.717) is 19.1 Å². The molecule has 0 saturated carbocycles. The first kappa shape index (κ1) is 13.1. The monoisotopic (exact) mass is 248 g/mol. The highest BCUT2D eigenvalue weighted by Crippen LogP contribution is 2.14. The summed E-state index contributed by atoms with van der Waals surface area (Å²) in [5.41, 5.74) is 1.37. The largest absolute Gasteiger partial charge is 0.464 e. The van der Waals surface area contributed by atoms with Crippen LogP contribution in [0.1, 0.15) is 25.3 Å². The van der Waals surface area contributed by atoms with Crippen LogP contribution in [0.25, 0.3) is 0 Å². The molecule has 0 aliphatic carbocycles. The zero-order valence-corrected chi connectivity index (χ0v) is 10.8. The first-order chi connectivity index (χ1) is 8.75. The summed E-state index contributed by atoms with van der Waals surface area (Å²) in [5.74, 6) is 0.411. The fourth-order valence-electron chi connectivity index (χ4n) is 2.00. The molecule has 0 amide bonds. The van der Waals surface area contributed by atoms with Crippen molar-refractivity contribution < 1.29 is 14.3 Å². The summed E-state index contributed by atoms with van der Waals surface area (Å²) in [6.07, 6.45) is 2.81. The van der Waals surface area contributed by atoms with Gasteiger partial charge in [0.1, 0.15) is 0 Å². The number of ether oxygens (including phenoxy) is 2. The van der Waals surface area contributed by atoms with Gasteiger partial charge < -0.3 is 9.47 Å². The second-order valence-electron chi connectivity index (χ2n) is 4.93. The Kier molecular flexibility index (Phi) is 4.76. The predicted molar refractivity (Wildman–Crippen MR) is 69.2 cm³/mol. The van der Waals surface area contributed by atoms with Gasteiger partial charge >= 0.3 is 5.97 Å². The molecule has 0 radical (unpaired) electrons. The van der Waals surface area contributed by atoms with Crippen molar-refractivity contribution in [2.24, 2.45) is 5.92 Å². The molecule has 0 aromatic heterocycles. The Bertz CT molecular complexity index is 371. The molecule has 1 aromatic carbocycles. The third-order valence-corrected chi connectivity index (χ3v) is 3.11. The van der Waals surface area contributed by atoms with Gasteiger partial charge in [0.2, 0.25) is 0 Å². The van der Waals surface area contributed by atoms with Crippen molar-refractivity contribution in [1.29, 1.82) is 0 Å².